The highest BCUT2D eigenvalue weighted by atomic mass is 79.9. The lowest BCUT2D eigenvalue weighted by atomic mass is 9.80. The standard InChI is InChI=1S/C13H14BrF/c14-9-6-12-10(8-4-5-8)2-1-3-11(12)13(15)7-9/h6-8,10H,1-5H2. The second kappa shape index (κ2) is 3.58. The van der Waals surface area contributed by atoms with Crippen LogP contribution in [0, 0.1) is 11.7 Å². The van der Waals surface area contributed by atoms with Crippen molar-refractivity contribution in [2.45, 2.75) is 38.0 Å². The van der Waals surface area contributed by atoms with E-state index in [1.54, 1.807) is 6.07 Å². The van der Waals surface area contributed by atoms with E-state index in [1.165, 1.54) is 24.8 Å². The molecule has 0 nitrogen and oxygen atoms in total. The maximum Gasteiger partial charge on any atom is 0.127 e. The fraction of sp³-hybridized carbons (Fsp3) is 0.538. The summed E-state index contributed by atoms with van der Waals surface area (Å²) in [5.74, 6) is 1.48. The molecule has 1 fully saturated rings. The molecule has 1 unspecified atom stereocenters. The predicted molar refractivity (Wildman–Crippen MR) is 62.5 cm³/mol. The maximum absolute atomic E-state index is 13.8. The SMILES string of the molecule is Fc1cc(Br)cc2c1CCCC2C1CC1. The van der Waals surface area contributed by atoms with Gasteiger partial charge in [-0.05, 0) is 67.2 Å². The molecule has 0 bridgehead atoms. The van der Waals surface area contributed by atoms with Gasteiger partial charge in [-0.1, -0.05) is 15.9 Å². The molecule has 0 radical (unpaired) electrons. The molecular formula is C13H14BrF. The molecule has 15 heavy (non-hydrogen) atoms. The minimum atomic E-state index is -0.00951. The Morgan fingerprint density at radius 1 is 1.20 bits per heavy atom. The maximum atomic E-state index is 13.8. The minimum Gasteiger partial charge on any atom is -0.207 e. The Kier molecular flexibility index (Phi) is 2.35. The average Bonchev–Trinajstić information content (AvgIpc) is 3.00. The van der Waals surface area contributed by atoms with E-state index in [0.29, 0.717) is 5.92 Å². The molecule has 2 aliphatic carbocycles. The fourth-order valence-corrected chi connectivity index (χ4v) is 3.31. The first-order valence-electron chi connectivity index (χ1n) is 5.73. The van der Waals surface area contributed by atoms with Crippen LogP contribution >= 0.6 is 15.9 Å². The summed E-state index contributed by atoms with van der Waals surface area (Å²) in [6.45, 7) is 0. The van der Waals surface area contributed by atoms with Crippen molar-refractivity contribution in [3.63, 3.8) is 0 Å². The van der Waals surface area contributed by atoms with Crippen LogP contribution in [0.25, 0.3) is 0 Å². The molecule has 0 N–H and O–H groups in total. The van der Waals surface area contributed by atoms with Gasteiger partial charge in [0, 0.05) is 4.47 Å². The molecular weight excluding hydrogens is 255 g/mol. The third-order valence-corrected chi connectivity index (χ3v) is 4.19. The van der Waals surface area contributed by atoms with Gasteiger partial charge in [0.2, 0.25) is 0 Å². The Hall–Kier alpha value is -0.370. The lowest BCUT2D eigenvalue weighted by molar-refractivity contribution is 0.484. The van der Waals surface area contributed by atoms with E-state index in [2.05, 4.69) is 22.0 Å². The Bertz CT molecular complexity index is 396. The third-order valence-electron chi connectivity index (χ3n) is 3.73. The van der Waals surface area contributed by atoms with Crippen molar-refractivity contribution in [1.82, 2.24) is 0 Å². The number of hydrogen-bond acceptors (Lipinski definition) is 0. The zero-order valence-electron chi connectivity index (χ0n) is 8.60. The van der Waals surface area contributed by atoms with E-state index in [0.717, 1.165) is 28.8 Å². The molecule has 0 spiro atoms. The lowest BCUT2D eigenvalue weighted by Crippen LogP contribution is -2.13. The summed E-state index contributed by atoms with van der Waals surface area (Å²) < 4.78 is 14.7. The molecule has 1 aromatic carbocycles. The number of fused-ring (bicyclic) bond motifs is 1. The van der Waals surface area contributed by atoms with Crippen LogP contribution in [0.1, 0.15) is 42.7 Å². The van der Waals surface area contributed by atoms with Crippen molar-refractivity contribution in [2.24, 2.45) is 5.92 Å². The Morgan fingerprint density at radius 3 is 2.73 bits per heavy atom. The van der Waals surface area contributed by atoms with Crippen molar-refractivity contribution in [3.8, 4) is 0 Å². The molecule has 1 atom stereocenters. The third kappa shape index (κ3) is 1.73. The molecule has 1 saturated carbocycles. The smallest absolute Gasteiger partial charge is 0.127 e. The summed E-state index contributed by atoms with van der Waals surface area (Å²) in [5.41, 5.74) is 2.27. The second-order valence-corrected chi connectivity index (χ2v) is 5.71. The summed E-state index contributed by atoms with van der Waals surface area (Å²) in [5, 5.41) is 0. The van der Waals surface area contributed by atoms with Gasteiger partial charge in [0.15, 0.2) is 0 Å². The van der Waals surface area contributed by atoms with Crippen LogP contribution in [0.15, 0.2) is 16.6 Å². The topological polar surface area (TPSA) is 0 Å². The summed E-state index contributed by atoms with van der Waals surface area (Å²) >= 11 is 3.40. The molecule has 0 heterocycles. The van der Waals surface area contributed by atoms with E-state index in [-0.39, 0.29) is 5.82 Å². The molecule has 0 aromatic heterocycles. The van der Waals surface area contributed by atoms with E-state index in [4.69, 9.17) is 0 Å². The number of rotatable bonds is 1. The van der Waals surface area contributed by atoms with E-state index >= 15 is 0 Å². The average molecular weight is 269 g/mol. The number of benzene rings is 1. The van der Waals surface area contributed by atoms with Crippen molar-refractivity contribution >= 4 is 15.9 Å². The largest absolute Gasteiger partial charge is 0.207 e. The van der Waals surface area contributed by atoms with Crippen molar-refractivity contribution in [1.29, 1.82) is 0 Å². The molecule has 3 rings (SSSR count). The highest BCUT2D eigenvalue weighted by molar-refractivity contribution is 9.10. The molecule has 2 aliphatic rings. The first-order valence-corrected chi connectivity index (χ1v) is 6.53. The van der Waals surface area contributed by atoms with Crippen LogP contribution in [0.2, 0.25) is 0 Å². The van der Waals surface area contributed by atoms with Crippen LogP contribution in [-0.2, 0) is 6.42 Å². The quantitative estimate of drug-likeness (QED) is 0.708. The molecule has 1 aromatic rings. The van der Waals surface area contributed by atoms with Crippen LogP contribution in [0.5, 0.6) is 0 Å². The predicted octanol–water partition coefficient (Wildman–Crippen LogP) is 4.42. The van der Waals surface area contributed by atoms with Crippen molar-refractivity contribution < 1.29 is 4.39 Å². The number of halogens is 2. The highest BCUT2D eigenvalue weighted by Gasteiger charge is 2.35. The van der Waals surface area contributed by atoms with Gasteiger partial charge in [0.25, 0.3) is 0 Å². The van der Waals surface area contributed by atoms with Gasteiger partial charge < -0.3 is 0 Å². The number of hydrogen-bond donors (Lipinski definition) is 0. The first kappa shape index (κ1) is 9.83. The zero-order chi connectivity index (χ0) is 10.4. The van der Waals surface area contributed by atoms with Crippen LogP contribution in [0.4, 0.5) is 4.39 Å². The first-order chi connectivity index (χ1) is 7.25. The fourth-order valence-electron chi connectivity index (χ4n) is 2.86. The molecule has 0 saturated heterocycles. The van der Waals surface area contributed by atoms with Gasteiger partial charge in [-0.25, -0.2) is 4.39 Å². The Labute approximate surface area is 98.0 Å². The summed E-state index contributed by atoms with van der Waals surface area (Å²) in [4.78, 5) is 0. The van der Waals surface area contributed by atoms with E-state index in [9.17, 15) is 4.39 Å². The van der Waals surface area contributed by atoms with Crippen molar-refractivity contribution in [2.75, 3.05) is 0 Å². The van der Waals surface area contributed by atoms with Crippen molar-refractivity contribution in [3.05, 3.63) is 33.5 Å². The normalized spacial score (nSPS) is 25.1. The van der Waals surface area contributed by atoms with Crippen LogP contribution < -0.4 is 0 Å². The monoisotopic (exact) mass is 268 g/mol. The van der Waals surface area contributed by atoms with Gasteiger partial charge >= 0.3 is 0 Å². The lowest BCUT2D eigenvalue weighted by Gasteiger charge is -2.26. The highest BCUT2D eigenvalue weighted by Crippen LogP contribution is 2.49. The van der Waals surface area contributed by atoms with Gasteiger partial charge in [-0.3, -0.25) is 0 Å². The molecule has 2 heteroatoms. The molecule has 0 aliphatic heterocycles. The van der Waals surface area contributed by atoms with E-state index in [1.807, 2.05) is 0 Å². The van der Waals surface area contributed by atoms with Gasteiger partial charge in [0.1, 0.15) is 5.82 Å². The zero-order valence-corrected chi connectivity index (χ0v) is 10.2. The summed E-state index contributed by atoms with van der Waals surface area (Å²) in [7, 11) is 0. The Morgan fingerprint density at radius 2 is 2.00 bits per heavy atom. The summed E-state index contributed by atoms with van der Waals surface area (Å²) in [6.07, 6.45) is 6.04. The second-order valence-electron chi connectivity index (χ2n) is 4.79. The van der Waals surface area contributed by atoms with Crippen LogP contribution in [0.3, 0.4) is 0 Å². The van der Waals surface area contributed by atoms with Gasteiger partial charge in [0.05, 0.1) is 0 Å². The van der Waals surface area contributed by atoms with Crippen LogP contribution in [-0.4, -0.2) is 0 Å². The van der Waals surface area contributed by atoms with E-state index < -0.39 is 0 Å². The minimum absolute atomic E-state index is 0.00951. The molecule has 0 amide bonds. The van der Waals surface area contributed by atoms with Gasteiger partial charge in [-0.2, -0.15) is 0 Å². The Balaban J connectivity index is 2.08. The van der Waals surface area contributed by atoms with Gasteiger partial charge in [-0.15, -0.1) is 0 Å². The summed E-state index contributed by atoms with van der Waals surface area (Å²) in [6, 6.07) is 3.74. The molecule has 80 valence electrons.